The third kappa shape index (κ3) is 4.77. The molecule has 0 aromatic heterocycles. The van der Waals surface area contributed by atoms with E-state index < -0.39 is 14.9 Å². The zero-order chi connectivity index (χ0) is 18.4. The molecule has 0 aliphatic carbocycles. The molecule has 0 unspecified atom stereocenters. The number of sulfonamides is 1. The highest BCUT2D eigenvalue weighted by molar-refractivity contribution is 7.89. The summed E-state index contributed by atoms with van der Waals surface area (Å²) in [6, 6.07) is 11.7. The Morgan fingerprint density at radius 3 is 2.52 bits per heavy atom. The molecule has 2 aromatic rings. The minimum Gasteiger partial charge on any atom is -0.494 e. The Morgan fingerprint density at radius 2 is 1.92 bits per heavy atom. The fraction of sp³-hybridized carbons (Fsp3) is 0.188. The van der Waals surface area contributed by atoms with Crippen LogP contribution in [0, 0.1) is 10.1 Å². The van der Waals surface area contributed by atoms with Crippen LogP contribution in [-0.2, 0) is 10.0 Å². The molecule has 25 heavy (non-hydrogen) atoms. The molecule has 0 aliphatic heterocycles. The number of benzene rings is 2. The largest absolute Gasteiger partial charge is 0.494 e. The van der Waals surface area contributed by atoms with Gasteiger partial charge < -0.3 is 4.74 Å². The summed E-state index contributed by atoms with van der Waals surface area (Å²) in [6.07, 6.45) is 0. The summed E-state index contributed by atoms with van der Waals surface area (Å²) in [5.41, 5.74) is 0.656. The van der Waals surface area contributed by atoms with Crippen molar-refractivity contribution in [3.05, 3.63) is 64.2 Å². The van der Waals surface area contributed by atoms with Gasteiger partial charge in [0.15, 0.2) is 0 Å². The first kappa shape index (κ1) is 18.4. The van der Waals surface area contributed by atoms with Crippen LogP contribution in [0.3, 0.4) is 0 Å². The Kier molecular flexibility index (Phi) is 5.71. The average Bonchev–Trinajstić information content (AvgIpc) is 2.60. The number of hydrogen-bond acceptors (Lipinski definition) is 6. The van der Waals surface area contributed by atoms with E-state index in [4.69, 9.17) is 4.74 Å². The second kappa shape index (κ2) is 7.75. The van der Waals surface area contributed by atoms with Gasteiger partial charge >= 0.3 is 0 Å². The van der Waals surface area contributed by atoms with E-state index in [2.05, 4.69) is 9.93 Å². The van der Waals surface area contributed by atoms with Crippen LogP contribution < -0.4 is 9.57 Å². The summed E-state index contributed by atoms with van der Waals surface area (Å²) < 4.78 is 29.8. The lowest BCUT2D eigenvalue weighted by atomic mass is 10.1. The molecule has 9 heteroatoms. The second-order valence-electron chi connectivity index (χ2n) is 5.00. The third-order valence-corrected chi connectivity index (χ3v) is 4.48. The lowest BCUT2D eigenvalue weighted by Gasteiger charge is -2.07. The number of rotatable bonds is 7. The van der Waals surface area contributed by atoms with Gasteiger partial charge in [0.2, 0.25) is 0 Å². The lowest BCUT2D eigenvalue weighted by molar-refractivity contribution is -0.384. The fourth-order valence-electron chi connectivity index (χ4n) is 1.97. The van der Waals surface area contributed by atoms with Crippen molar-refractivity contribution in [2.45, 2.75) is 18.7 Å². The van der Waals surface area contributed by atoms with E-state index in [9.17, 15) is 18.5 Å². The first-order valence-electron chi connectivity index (χ1n) is 7.37. The molecule has 0 aliphatic rings. The SMILES string of the molecule is CCOc1ccc(S(=O)(=O)NN=C(C)c2cccc([N+](=O)[O-])c2)cc1. The van der Waals surface area contributed by atoms with Crippen LogP contribution in [0.1, 0.15) is 19.4 Å². The number of nitro benzene ring substituents is 1. The second-order valence-corrected chi connectivity index (χ2v) is 6.66. The summed E-state index contributed by atoms with van der Waals surface area (Å²) >= 11 is 0. The molecule has 132 valence electrons. The molecule has 0 radical (unpaired) electrons. The molecule has 0 saturated heterocycles. The van der Waals surface area contributed by atoms with Crippen molar-refractivity contribution >= 4 is 21.4 Å². The summed E-state index contributed by atoms with van der Waals surface area (Å²) in [5.74, 6) is 0.567. The van der Waals surface area contributed by atoms with Crippen LogP contribution in [0.5, 0.6) is 5.75 Å². The van der Waals surface area contributed by atoms with Gasteiger partial charge in [0.1, 0.15) is 5.75 Å². The van der Waals surface area contributed by atoms with Gasteiger partial charge in [-0.2, -0.15) is 18.4 Å². The molecule has 0 amide bonds. The quantitative estimate of drug-likeness (QED) is 0.462. The first-order chi connectivity index (χ1) is 11.8. The molecule has 8 nitrogen and oxygen atoms in total. The van der Waals surface area contributed by atoms with Crippen LogP contribution in [0.2, 0.25) is 0 Å². The highest BCUT2D eigenvalue weighted by Gasteiger charge is 2.14. The number of nitrogens with zero attached hydrogens (tertiary/aromatic N) is 2. The Labute approximate surface area is 145 Å². The first-order valence-corrected chi connectivity index (χ1v) is 8.85. The highest BCUT2D eigenvalue weighted by atomic mass is 32.2. The summed E-state index contributed by atoms with van der Waals surface area (Å²) in [7, 11) is -3.85. The summed E-state index contributed by atoms with van der Waals surface area (Å²) in [4.78, 5) is 12.4. The predicted molar refractivity (Wildman–Crippen MR) is 93.2 cm³/mol. The summed E-state index contributed by atoms with van der Waals surface area (Å²) in [6.45, 7) is 3.87. The molecular weight excluding hydrogens is 346 g/mol. The van der Waals surface area contributed by atoms with E-state index in [1.54, 1.807) is 25.1 Å². The molecule has 0 saturated carbocycles. The predicted octanol–water partition coefficient (Wildman–Crippen LogP) is 2.70. The van der Waals surface area contributed by atoms with Crippen LogP contribution in [-0.4, -0.2) is 25.7 Å². The smallest absolute Gasteiger partial charge is 0.276 e. The van der Waals surface area contributed by atoms with Gasteiger partial charge in [0.25, 0.3) is 15.7 Å². The third-order valence-electron chi connectivity index (χ3n) is 3.25. The maximum absolute atomic E-state index is 12.2. The van der Waals surface area contributed by atoms with Crippen molar-refractivity contribution in [2.24, 2.45) is 5.10 Å². The van der Waals surface area contributed by atoms with Gasteiger partial charge in [-0.25, -0.2) is 0 Å². The van der Waals surface area contributed by atoms with Crippen LogP contribution in [0.4, 0.5) is 5.69 Å². The Balaban J connectivity index is 2.18. The summed E-state index contributed by atoms with van der Waals surface area (Å²) in [5, 5.41) is 14.6. The van der Waals surface area contributed by atoms with Crippen molar-refractivity contribution in [3.63, 3.8) is 0 Å². The molecule has 2 rings (SSSR count). The van der Waals surface area contributed by atoms with E-state index in [-0.39, 0.29) is 10.6 Å². The molecule has 0 bridgehead atoms. The van der Waals surface area contributed by atoms with Crippen molar-refractivity contribution < 1.29 is 18.1 Å². The zero-order valence-electron chi connectivity index (χ0n) is 13.7. The Morgan fingerprint density at radius 1 is 1.24 bits per heavy atom. The Bertz CT molecular complexity index is 892. The van der Waals surface area contributed by atoms with E-state index in [0.717, 1.165) is 0 Å². The van der Waals surface area contributed by atoms with Crippen molar-refractivity contribution in [1.29, 1.82) is 0 Å². The van der Waals surface area contributed by atoms with Crippen molar-refractivity contribution in [3.8, 4) is 5.75 Å². The van der Waals surface area contributed by atoms with Crippen LogP contribution in [0.15, 0.2) is 58.5 Å². The highest BCUT2D eigenvalue weighted by Crippen LogP contribution is 2.16. The molecular formula is C16H17N3O5S. The van der Waals surface area contributed by atoms with E-state index in [1.807, 2.05) is 6.92 Å². The van der Waals surface area contributed by atoms with Crippen LogP contribution in [0.25, 0.3) is 0 Å². The van der Waals surface area contributed by atoms with Crippen LogP contribution >= 0.6 is 0 Å². The molecule has 0 spiro atoms. The normalized spacial score (nSPS) is 11.8. The van der Waals surface area contributed by atoms with Gasteiger partial charge in [0.05, 0.1) is 22.1 Å². The zero-order valence-corrected chi connectivity index (χ0v) is 14.5. The number of hydrazone groups is 1. The van der Waals surface area contributed by atoms with Crippen molar-refractivity contribution in [1.82, 2.24) is 4.83 Å². The molecule has 0 fully saturated rings. The van der Waals surface area contributed by atoms with Gasteiger partial charge in [-0.3, -0.25) is 10.1 Å². The molecule has 1 N–H and O–H groups in total. The number of nitrogens with one attached hydrogen (secondary N) is 1. The van der Waals surface area contributed by atoms with Gasteiger partial charge in [-0.1, -0.05) is 12.1 Å². The fourth-order valence-corrected chi connectivity index (χ4v) is 2.83. The minimum atomic E-state index is -3.85. The molecule has 0 atom stereocenters. The lowest BCUT2D eigenvalue weighted by Crippen LogP contribution is -2.20. The van der Waals surface area contributed by atoms with E-state index in [0.29, 0.717) is 23.6 Å². The maximum Gasteiger partial charge on any atom is 0.276 e. The van der Waals surface area contributed by atoms with Gasteiger partial charge in [0, 0.05) is 17.7 Å². The van der Waals surface area contributed by atoms with Gasteiger partial charge in [-0.05, 0) is 38.1 Å². The van der Waals surface area contributed by atoms with E-state index in [1.165, 1.54) is 30.3 Å². The number of non-ortho nitro benzene ring substituents is 1. The topological polar surface area (TPSA) is 111 Å². The van der Waals surface area contributed by atoms with Gasteiger partial charge in [-0.15, -0.1) is 0 Å². The maximum atomic E-state index is 12.2. The number of hydrogen-bond donors (Lipinski definition) is 1. The molecule has 0 heterocycles. The molecule has 2 aromatic carbocycles. The Hall–Kier alpha value is -2.94. The number of nitro groups is 1. The minimum absolute atomic E-state index is 0.0338. The average molecular weight is 363 g/mol. The van der Waals surface area contributed by atoms with Crippen molar-refractivity contribution in [2.75, 3.05) is 6.61 Å². The standard InChI is InChI=1S/C16H17N3O5S/c1-3-24-15-7-9-16(10-8-15)25(22,23)18-17-12(2)13-5-4-6-14(11-13)19(20)21/h4-11,18H,3H2,1-2H3. The monoisotopic (exact) mass is 363 g/mol. The van der Waals surface area contributed by atoms with E-state index >= 15 is 0 Å². The number of ether oxygens (including phenoxy) is 1.